The van der Waals surface area contributed by atoms with E-state index in [-0.39, 0.29) is 0 Å². The maximum atomic E-state index is 3.54. The molecule has 0 atom stereocenters. The fourth-order valence-corrected chi connectivity index (χ4v) is 6.70. The number of aromatic amines is 1. The summed E-state index contributed by atoms with van der Waals surface area (Å²) in [6.45, 7) is 0. The fraction of sp³-hybridized carbons (Fsp3) is 0. The fourth-order valence-electron chi connectivity index (χ4n) is 5.63. The molecule has 2 aromatic heterocycles. The lowest BCUT2D eigenvalue weighted by molar-refractivity contribution is 1.54. The number of aromatic nitrogens is 1. The summed E-state index contributed by atoms with van der Waals surface area (Å²) in [5, 5.41) is 7.78. The van der Waals surface area contributed by atoms with Gasteiger partial charge in [-0.15, -0.1) is 11.3 Å². The summed E-state index contributed by atoms with van der Waals surface area (Å²) in [5.41, 5.74) is 7.43. The average Bonchev–Trinajstić information content (AvgIpc) is 3.49. The van der Waals surface area contributed by atoms with E-state index >= 15 is 0 Å². The Morgan fingerprint density at radius 1 is 0.417 bits per heavy atom. The summed E-state index contributed by atoms with van der Waals surface area (Å²) in [6.07, 6.45) is 0. The van der Waals surface area contributed by atoms with Crippen LogP contribution in [0.25, 0.3) is 75.0 Å². The zero-order chi connectivity index (χ0) is 23.6. The molecule has 2 heteroatoms. The minimum atomic E-state index is 1.18. The van der Waals surface area contributed by atoms with Gasteiger partial charge in [0.05, 0.1) is 0 Å². The Labute approximate surface area is 212 Å². The van der Waals surface area contributed by atoms with Crippen molar-refractivity contribution < 1.29 is 0 Å². The molecular weight excluding hydrogens is 454 g/mol. The van der Waals surface area contributed by atoms with Gasteiger partial charge in [-0.25, -0.2) is 0 Å². The normalized spacial score (nSPS) is 11.9. The zero-order valence-corrected chi connectivity index (χ0v) is 20.3. The predicted octanol–water partition coefficient (Wildman–Crippen LogP) is 10.2. The Hall–Kier alpha value is -4.40. The molecule has 6 aromatic carbocycles. The Kier molecular flexibility index (Phi) is 4.16. The molecule has 0 radical (unpaired) electrons. The van der Waals surface area contributed by atoms with Crippen LogP contribution in [0.3, 0.4) is 0 Å². The summed E-state index contributed by atoms with van der Waals surface area (Å²) in [4.78, 5) is 3.54. The molecule has 0 aliphatic carbocycles. The third-order valence-electron chi connectivity index (χ3n) is 7.41. The number of benzene rings is 6. The topological polar surface area (TPSA) is 15.8 Å². The van der Waals surface area contributed by atoms with Crippen molar-refractivity contribution in [2.45, 2.75) is 0 Å². The number of hydrogen-bond donors (Lipinski definition) is 1. The van der Waals surface area contributed by atoms with E-state index in [1.54, 1.807) is 0 Å². The summed E-state index contributed by atoms with van der Waals surface area (Å²) < 4.78 is 2.66. The van der Waals surface area contributed by atoms with Crippen LogP contribution in [0.2, 0.25) is 0 Å². The first kappa shape index (κ1) is 19.9. The molecule has 0 bridgehead atoms. The molecule has 1 nitrogen and oxygen atoms in total. The van der Waals surface area contributed by atoms with Gasteiger partial charge in [0.2, 0.25) is 0 Å². The molecule has 2 heterocycles. The average molecular weight is 476 g/mol. The molecule has 168 valence electrons. The lowest BCUT2D eigenvalue weighted by Crippen LogP contribution is -1.81. The monoisotopic (exact) mass is 475 g/mol. The number of H-pyrrole nitrogens is 1. The van der Waals surface area contributed by atoms with Crippen molar-refractivity contribution in [2.24, 2.45) is 0 Å². The standard InChI is InChI=1S/C34H21NS/c1-2-8-25-21(6-1)7-5-10-26(25)24-14-17-34-30(20-24)29-19-23(13-16-33(29)36-34)22-12-15-32-28(18-22)27-9-3-4-11-31(27)35-32/h1-20,35H. The van der Waals surface area contributed by atoms with Gasteiger partial charge in [-0.3, -0.25) is 0 Å². The van der Waals surface area contributed by atoms with Gasteiger partial charge < -0.3 is 4.98 Å². The molecule has 0 aliphatic rings. The van der Waals surface area contributed by atoms with Gasteiger partial charge in [0.25, 0.3) is 0 Å². The second-order valence-electron chi connectivity index (χ2n) is 9.48. The van der Waals surface area contributed by atoms with Gasteiger partial charge in [0.1, 0.15) is 0 Å². The van der Waals surface area contributed by atoms with Gasteiger partial charge >= 0.3 is 0 Å². The number of nitrogens with one attached hydrogen (secondary N) is 1. The Morgan fingerprint density at radius 3 is 1.89 bits per heavy atom. The van der Waals surface area contributed by atoms with Crippen molar-refractivity contribution in [3.05, 3.63) is 121 Å². The van der Waals surface area contributed by atoms with Crippen LogP contribution in [0.15, 0.2) is 121 Å². The van der Waals surface area contributed by atoms with Gasteiger partial charge in [-0.1, -0.05) is 78.9 Å². The lowest BCUT2D eigenvalue weighted by atomic mass is 9.96. The van der Waals surface area contributed by atoms with Crippen molar-refractivity contribution in [1.29, 1.82) is 0 Å². The zero-order valence-electron chi connectivity index (χ0n) is 19.5. The largest absolute Gasteiger partial charge is 0.355 e. The van der Waals surface area contributed by atoms with Crippen molar-refractivity contribution in [2.75, 3.05) is 0 Å². The van der Waals surface area contributed by atoms with E-state index in [2.05, 4.69) is 126 Å². The molecule has 36 heavy (non-hydrogen) atoms. The SMILES string of the molecule is c1ccc2c(-c3ccc4sc5ccc(-c6ccc7[nH]c8ccccc8c7c6)cc5c4c3)cccc2c1. The molecule has 0 unspecified atom stereocenters. The summed E-state index contributed by atoms with van der Waals surface area (Å²) in [7, 11) is 0. The molecule has 8 aromatic rings. The quantitative estimate of drug-likeness (QED) is 0.256. The van der Waals surface area contributed by atoms with Crippen molar-refractivity contribution in [1.82, 2.24) is 4.98 Å². The lowest BCUT2D eigenvalue weighted by Gasteiger charge is -2.07. The van der Waals surface area contributed by atoms with E-state index in [1.807, 2.05) is 11.3 Å². The van der Waals surface area contributed by atoms with Crippen molar-refractivity contribution in [3.63, 3.8) is 0 Å². The highest BCUT2D eigenvalue weighted by Crippen LogP contribution is 2.40. The Balaban J connectivity index is 1.32. The van der Waals surface area contributed by atoms with E-state index in [0.717, 1.165) is 0 Å². The third-order valence-corrected chi connectivity index (χ3v) is 8.56. The third kappa shape index (κ3) is 2.95. The summed E-state index contributed by atoms with van der Waals surface area (Å²) >= 11 is 1.87. The number of rotatable bonds is 2. The highest BCUT2D eigenvalue weighted by atomic mass is 32.1. The molecule has 0 aliphatic heterocycles. The van der Waals surface area contributed by atoms with Crippen molar-refractivity contribution >= 4 is 64.1 Å². The molecule has 1 N–H and O–H groups in total. The highest BCUT2D eigenvalue weighted by molar-refractivity contribution is 7.25. The summed E-state index contributed by atoms with van der Waals surface area (Å²) in [6, 6.07) is 44.4. The van der Waals surface area contributed by atoms with E-state index in [4.69, 9.17) is 0 Å². The van der Waals surface area contributed by atoms with Crippen LogP contribution < -0.4 is 0 Å². The number of hydrogen-bond acceptors (Lipinski definition) is 1. The highest BCUT2D eigenvalue weighted by Gasteiger charge is 2.11. The van der Waals surface area contributed by atoms with Crippen LogP contribution in [-0.2, 0) is 0 Å². The molecule has 0 saturated heterocycles. The first-order valence-corrected chi connectivity index (χ1v) is 13.1. The van der Waals surface area contributed by atoms with E-state index < -0.39 is 0 Å². The van der Waals surface area contributed by atoms with Crippen LogP contribution >= 0.6 is 11.3 Å². The molecule has 0 saturated carbocycles. The Bertz CT molecular complexity index is 2100. The van der Waals surface area contributed by atoms with Crippen molar-refractivity contribution in [3.8, 4) is 22.3 Å². The van der Waals surface area contributed by atoms with Gasteiger partial charge in [-0.2, -0.15) is 0 Å². The molecule has 0 fully saturated rings. The predicted molar refractivity (Wildman–Crippen MR) is 157 cm³/mol. The van der Waals surface area contributed by atoms with E-state index in [9.17, 15) is 0 Å². The van der Waals surface area contributed by atoms with Gasteiger partial charge in [-0.05, 0) is 75.5 Å². The minimum Gasteiger partial charge on any atom is -0.355 e. The first-order valence-electron chi connectivity index (χ1n) is 12.3. The first-order chi connectivity index (χ1) is 17.8. The maximum Gasteiger partial charge on any atom is 0.0465 e. The molecule has 0 spiro atoms. The van der Waals surface area contributed by atoms with Crippen LogP contribution in [0.1, 0.15) is 0 Å². The molecule has 0 amide bonds. The molecular formula is C34H21NS. The van der Waals surface area contributed by atoms with Crippen LogP contribution in [0, 0.1) is 0 Å². The van der Waals surface area contributed by atoms with Crippen LogP contribution in [0.4, 0.5) is 0 Å². The van der Waals surface area contributed by atoms with Crippen LogP contribution in [0.5, 0.6) is 0 Å². The van der Waals surface area contributed by atoms with Gasteiger partial charge in [0, 0.05) is 42.0 Å². The summed E-state index contributed by atoms with van der Waals surface area (Å²) in [5.74, 6) is 0. The Morgan fingerprint density at radius 2 is 1.03 bits per heavy atom. The second kappa shape index (κ2) is 7.55. The second-order valence-corrected chi connectivity index (χ2v) is 10.6. The van der Waals surface area contributed by atoms with Crippen LogP contribution in [-0.4, -0.2) is 4.98 Å². The van der Waals surface area contributed by atoms with E-state index in [0.29, 0.717) is 0 Å². The van der Waals surface area contributed by atoms with Gasteiger partial charge in [0.15, 0.2) is 0 Å². The smallest absolute Gasteiger partial charge is 0.0465 e. The number of para-hydroxylation sites is 1. The molecule has 8 rings (SSSR count). The maximum absolute atomic E-state index is 3.54. The number of thiophene rings is 1. The van der Waals surface area contributed by atoms with E-state index in [1.165, 1.54) is 75.0 Å². The minimum absolute atomic E-state index is 1.18. The number of fused-ring (bicyclic) bond motifs is 7.